The second-order valence-electron chi connectivity index (χ2n) is 9.23. The van der Waals surface area contributed by atoms with Crippen LogP contribution in [0.5, 0.6) is 0 Å². The Hall–Kier alpha value is -3.05. The lowest BCUT2D eigenvalue weighted by Gasteiger charge is -2.24. The van der Waals surface area contributed by atoms with E-state index in [1.54, 1.807) is 6.20 Å². The van der Waals surface area contributed by atoms with Gasteiger partial charge in [-0.05, 0) is 73.9 Å². The first-order chi connectivity index (χ1) is 16.9. The van der Waals surface area contributed by atoms with Crippen LogP contribution in [0.4, 0.5) is 0 Å². The molecular weight excluding hydrogens is 475 g/mol. The maximum atomic E-state index is 6.70. The van der Waals surface area contributed by atoms with Gasteiger partial charge in [0, 0.05) is 53.9 Å². The molecule has 3 heterocycles. The number of halogens is 2. The second kappa shape index (κ2) is 9.90. The van der Waals surface area contributed by atoms with Gasteiger partial charge in [-0.3, -0.25) is 9.88 Å². The number of hydrogen-bond donors (Lipinski definition) is 0. The first kappa shape index (κ1) is 23.7. The fourth-order valence-electron chi connectivity index (χ4n) is 4.59. The molecule has 0 bridgehead atoms. The molecule has 6 heteroatoms. The van der Waals surface area contributed by atoms with E-state index in [2.05, 4.69) is 78.1 Å². The van der Waals surface area contributed by atoms with E-state index < -0.39 is 0 Å². The SMILES string of the molecule is Cc1ccc2nc(Cl)c(CN(Cc3cccnc3)Cc3cc4c(C)cc(C)cc4nc3Cl)cc2c1. The third kappa shape index (κ3) is 5.30. The number of fused-ring (bicyclic) bond motifs is 2. The molecule has 0 amide bonds. The Morgan fingerprint density at radius 1 is 0.743 bits per heavy atom. The van der Waals surface area contributed by atoms with E-state index in [-0.39, 0.29) is 0 Å². The minimum Gasteiger partial charge on any atom is -0.290 e. The second-order valence-corrected chi connectivity index (χ2v) is 9.94. The summed E-state index contributed by atoms with van der Waals surface area (Å²) in [6.07, 6.45) is 3.68. The molecule has 5 aromatic rings. The zero-order valence-electron chi connectivity index (χ0n) is 20.0. The summed E-state index contributed by atoms with van der Waals surface area (Å²) in [4.78, 5) is 16.0. The highest BCUT2D eigenvalue weighted by Crippen LogP contribution is 2.28. The quantitative estimate of drug-likeness (QED) is 0.225. The summed E-state index contributed by atoms with van der Waals surface area (Å²) in [7, 11) is 0. The maximum Gasteiger partial charge on any atom is 0.134 e. The average Bonchev–Trinajstić information content (AvgIpc) is 2.81. The van der Waals surface area contributed by atoms with E-state index >= 15 is 0 Å². The van der Waals surface area contributed by atoms with Crippen molar-refractivity contribution in [2.45, 2.75) is 40.4 Å². The number of pyridine rings is 3. The van der Waals surface area contributed by atoms with Gasteiger partial charge in [-0.2, -0.15) is 0 Å². The number of benzene rings is 2. The average molecular weight is 501 g/mol. The third-order valence-electron chi connectivity index (χ3n) is 6.22. The van der Waals surface area contributed by atoms with Crippen molar-refractivity contribution in [1.29, 1.82) is 0 Å². The van der Waals surface area contributed by atoms with Gasteiger partial charge in [0.05, 0.1) is 11.0 Å². The van der Waals surface area contributed by atoms with Crippen LogP contribution in [0, 0.1) is 20.8 Å². The molecule has 0 radical (unpaired) electrons. The Labute approximate surface area is 215 Å². The largest absolute Gasteiger partial charge is 0.290 e. The smallest absolute Gasteiger partial charge is 0.134 e. The summed E-state index contributed by atoms with van der Waals surface area (Å²) < 4.78 is 0. The number of rotatable bonds is 6. The van der Waals surface area contributed by atoms with Crippen LogP contribution in [-0.4, -0.2) is 19.9 Å². The topological polar surface area (TPSA) is 41.9 Å². The summed E-state index contributed by atoms with van der Waals surface area (Å²) in [5.41, 5.74) is 8.47. The fourth-order valence-corrected chi connectivity index (χ4v) is 5.00. The maximum absolute atomic E-state index is 6.70. The molecular formula is C29H26Cl2N4. The van der Waals surface area contributed by atoms with Crippen LogP contribution in [-0.2, 0) is 19.6 Å². The molecule has 4 nitrogen and oxygen atoms in total. The standard InChI is InChI=1S/C29H26Cl2N4/c1-18-6-7-26-22(10-18)12-23(28(30)33-26)16-35(15-21-5-4-8-32-14-21)17-24-13-25-20(3)9-19(2)11-27(25)34-29(24)31/h4-14H,15-17H2,1-3H3. The highest BCUT2D eigenvalue weighted by Gasteiger charge is 2.16. The number of hydrogen-bond acceptors (Lipinski definition) is 4. The highest BCUT2D eigenvalue weighted by atomic mass is 35.5. The number of aromatic nitrogens is 3. The van der Waals surface area contributed by atoms with E-state index in [0.717, 1.165) is 38.5 Å². The van der Waals surface area contributed by atoms with Crippen LogP contribution >= 0.6 is 23.2 Å². The van der Waals surface area contributed by atoms with Crippen molar-refractivity contribution < 1.29 is 0 Å². The fraction of sp³-hybridized carbons (Fsp3) is 0.207. The summed E-state index contributed by atoms with van der Waals surface area (Å²) in [6, 6.07) is 18.8. The lowest BCUT2D eigenvalue weighted by atomic mass is 10.0. The van der Waals surface area contributed by atoms with Crippen molar-refractivity contribution in [3.63, 3.8) is 0 Å². The normalized spacial score (nSPS) is 11.6. The van der Waals surface area contributed by atoms with Gasteiger partial charge in [-0.25, -0.2) is 9.97 Å². The predicted molar refractivity (Wildman–Crippen MR) is 145 cm³/mol. The summed E-state index contributed by atoms with van der Waals surface area (Å²) in [6.45, 7) is 8.20. The van der Waals surface area contributed by atoms with Gasteiger partial charge in [-0.1, -0.05) is 47.0 Å². The van der Waals surface area contributed by atoms with Gasteiger partial charge in [0.2, 0.25) is 0 Å². The van der Waals surface area contributed by atoms with E-state index in [0.29, 0.717) is 29.9 Å². The van der Waals surface area contributed by atoms with Gasteiger partial charge in [0.25, 0.3) is 0 Å². The van der Waals surface area contributed by atoms with Crippen LogP contribution in [0.2, 0.25) is 10.3 Å². The van der Waals surface area contributed by atoms with Gasteiger partial charge in [0.15, 0.2) is 0 Å². The molecule has 3 aromatic heterocycles. The van der Waals surface area contributed by atoms with Gasteiger partial charge in [0.1, 0.15) is 10.3 Å². The highest BCUT2D eigenvalue weighted by molar-refractivity contribution is 6.31. The zero-order valence-corrected chi connectivity index (χ0v) is 21.5. The van der Waals surface area contributed by atoms with Gasteiger partial charge < -0.3 is 0 Å². The molecule has 0 N–H and O–H groups in total. The summed E-state index contributed by atoms with van der Waals surface area (Å²) in [5, 5.41) is 3.25. The Kier molecular flexibility index (Phi) is 6.70. The first-order valence-electron chi connectivity index (χ1n) is 11.6. The first-order valence-corrected chi connectivity index (χ1v) is 12.3. The molecule has 0 fully saturated rings. The van der Waals surface area contributed by atoms with Crippen molar-refractivity contribution in [2.75, 3.05) is 0 Å². The zero-order chi connectivity index (χ0) is 24.5. The van der Waals surface area contributed by atoms with Crippen LogP contribution in [0.25, 0.3) is 21.8 Å². The number of nitrogens with zero attached hydrogens (tertiary/aromatic N) is 4. The molecule has 0 saturated heterocycles. The lowest BCUT2D eigenvalue weighted by Crippen LogP contribution is -2.23. The van der Waals surface area contributed by atoms with Crippen molar-refractivity contribution in [3.05, 3.63) is 111 Å². The predicted octanol–water partition coefficient (Wildman–Crippen LogP) is 7.61. The van der Waals surface area contributed by atoms with Crippen molar-refractivity contribution >= 4 is 45.0 Å². The molecule has 0 aliphatic carbocycles. The minimum absolute atomic E-state index is 0.520. The molecule has 0 unspecified atom stereocenters. The van der Waals surface area contributed by atoms with Gasteiger partial charge in [-0.15, -0.1) is 0 Å². The summed E-state index contributed by atoms with van der Waals surface area (Å²) >= 11 is 13.3. The van der Waals surface area contributed by atoms with Crippen molar-refractivity contribution in [1.82, 2.24) is 19.9 Å². The number of aryl methyl sites for hydroxylation is 3. The van der Waals surface area contributed by atoms with Crippen LogP contribution in [0.3, 0.4) is 0 Å². The van der Waals surface area contributed by atoms with Gasteiger partial charge >= 0.3 is 0 Å². The molecule has 2 aromatic carbocycles. The van der Waals surface area contributed by atoms with Crippen LogP contribution in [0.15, 0.2) is 67.0 Å². The van der Waals surface area contributed by atoms with E-state index in [4.69, 9.17) is 28.2 Å². The minimum atomic E-state index is 0.520. The Balaban J connectivity index is 1.52. The van der Waals surface area contributed by atoms with Crippen LogP contribution in [0.1, 0.15) is 33.4 Å². The van der Waals surface area contributed by atoms with E-state index in [9.17, 15) is 0 Å². The van der Waals surface area contributed by atoms with Crippen LogP contribution < -0.4 is 0 Å². The summed E-state index contributed by atoms with van der Waals surface area (Å²) in [5.74, 6) is 0. The molecule has 0 atom stereocenters. The van der Waals surface area contributed by atoms with E-state index in [1.165, 1.54) is 16.7 Å². The molecule has 35 heavy (non-hydrogen) atoms. The molecule has 0 spiro atoms. The lowest BCUT2D eigenvalue weighted by molar-refractivity contribution is 0.247. The molecule has 5 rings (SSSR count). The van der Waals surface area contributed by atoms with Crippen molar-refractivity contribution in [2.24, 2.45) is 0 Å². The molecule has 176 valence electrons. The molecule has 0 aliphatic heterocycles. The Bertz CT molecular complexity index is 1530. The Morgan fingerprint density at radius 2 is 1.49 bits per heavy atom. The Morgan fingerprint density at radius 3 is 2.23 bits per heavy atom. The third-order valence-corrected chi connectivity index (χ3v) is 6.88. The van der Waals surface area contributed by atoms with E-state index in [1.807, 2.05) is 18.3 Å². The molecule has 0 aliphatic rings. The van der Waals surface area contributed by atoms with Crippen molar-refractivity contribution in [3.8, 4) is 0 Å². The monoisotopic (exact) mass is 500 g/mol. The molecule has 0 saturated carbocycles.